The Morgan fingerprint density at radius 2 is 1.71 bits per heavy atom. The van der Waals surface area contributed by atoms with Crippen molar-refractivity contribution in [1.82, 2.24) is 15.1 Å². The van der Waals surface area contributed by atoms with Gasteiger partial charge in [0.05, 0.1) is 13.2 Å². The third-order valence-corrected chi connectivity index (χ3v) is 8.13. The molecule has 0 saturated carbocycles. The molecule has 0 fully saturated rings. The lowest BCUT2D eigenvalue weighted by Crippen LogP contribution is -2.71. The fourth-order valence-corrected chi connectivity index (χ4v) is 5.55. The third-order valence-electron chi connectivity index (χ3n) is 8.13. The van der Waals surface area contributed by atoms with E-state index in [4.69, 9.17) is 16.2 Å². The minimum absolute atomic E-state index is 0.0270. The van der Waals surface area contributed by atoms with Gasteiger partial charge in [-0.25, -0.2) is 4.79 Å². The molecule has 1 aromatic carbocycles. The number of nitrogens with zero attached hydrogens (tertiary/aromatic N) is 2. The Morgan fingerprint density at radius 3 is 2.21 bits per heavy atom. The molecule has 1 heterocycles. The molecular weight excluding hydrogens is 534 g/mol. The first kappa shape index (κ1) is 35.1. The lowest BCUT2D eigenvalue weighted by molar-refractivity contribution is -0.169. The van der Waals surface area contributed by atoms with E-state index in [2.05, 4.69) is 23.5 Å². The number of benzene rings is 1. The molecule has 0 aliphatic carbocycles. The number of nitrogens with one attached hydrogen (secondary N) is 1. The maximum Gasteiger partial charge on any atom is 0.329 e. The van der Waals surface area contributed by atoms with Gasteiger partial charge in [0, 0.05) is 25.6 Å². The van der Waals surface area contributed by atoms with Crippen molar-refractivity contribution in [2.45, 2.75) is 91.5 Å². The molecule has 1 aromatic rings. The molecule has 1 aliphatic rings. The molecular formula is C32H51N5O5. The van der Waals surface area contributed by atoms with Crippen LogP contribution < -0.4 is 16.8 Å². The van der Waals surface area contributed by atoms with Crippen LogP contribution in [0, 0.1) is 17.8 Å². The van der Waals surface area contributed by atoms with E-state index >= 15 is 0 Å². The molecule has 1 aliphatic heterocycles. The van der Waals surface area contributed by atoms with Gasteiger partial charge in [-0.2, -0.15) is 0 Å². The summed E-state index contributed by atoms with van der Waals surface area (Å²) in [4.78, 5) is 56.1. The number of nitrogens with two attached hydrogens (primary N) is 2. The minimum Gasteiger partial charge on any atom is -0.467 e. The molecule has 0 saturated heterocycles. The summed E-state index contributed by atoms with van der Waals surface area (Å²) in [5, 5.41) is 2.99. The SMILES string of the molecule is CCC(=O)N(C(=O)[C@@](N)(C(C)C)N1CCC(C(C)NC(=O)[C@H](C)N)=CC(Cc2ccccc2)C1)[C@H](C(=O)OC)C(C)C. The normalized spacial score (nSPS) is 19.6. The predicted molar refractivity (Wildman–Crippen MR) is 164 cm³/mol. The molecule has 2 unspecified atom stereocenters. The quantitative estimate of drug-likeness (QED) is 0.250. The Balaban J connectivity index is 2.58. The number of hydrogen-bond donors (Lipinski definition) is 3. The second kappa shape index (κ2) is 15.4. The number of rotatable bonds is 12. The van der Waals surface area contributed by atoms with Crippen molar-refractivity contribution in [2.75, 3.05) is 20.2 Å². The number of carbonyl (C=O) groups is 4. The van der Waals surface area contributed by atoms with Crippen LogP contribution in [0.2, 0.25) is 0 Å². The number of amides is 3. The largest absolute Gasteiger partial charge is 0.467 e. The summed E-state index contributed by atoms with van der Waals surface area (Å²) in [6.07, 6.45) is 3.42. The van der Waals surface area contributed by atoms with Gasteiger partial charge in [0.25, 0.3) is 5.91 Å². The summed E-state index contributed by atoms with van der Waals surface area (Å²) >= 11 is 0. The van der Waals surface area contributed by atoms with E-state index in [1.807, 2.05) is 43.9 Å². The Labute approximate surface area is 251 Å². The van der Waals surface area contributed by atoms with Gasteiger partial charge in [-0.3, -0.25) is 24.2 Å². The molecule has 234 valence electrons. The van der Waals surface area contributed by atoms with Gasteiger partial charge in [0.15, 0.2) is 5.66 Å². The van der Waals surface area contributed by atoms with Gasteiger partial charge >= 0.3 is 5.97 Å². The average Bonchev–Trinajstić information content (AvgIpc) is 3.17. The van der Waals surface area contributed by atoms with Crippen LogP contribution in [0.15, 0.2) is 42.0 Å². The first-order valence-electron chi connectivity index (χ1n) is 15.0. The molecule has 5 N–H and O–H groups in total. The standard InChI is InChI=1S/C32H51N5O5/c1-9-27(38)37(28(20(2)3)30(40)42-8)31(41)32(34,21(4)5)36-16-15-26(23(7)35-29(39)22(6)33)18-25(19-36)17-24-13-11-10-12-14-24/h10-14,18,20-23,25,28H,9,15-17,19,33-34H2,1-8H3,(H,35,39)/t22-,23?,25?,28-,32+/m0/s1. The van der Waals surface area contributed by atoms with E-state index in [0.29, 0.717) is 25.9 Å². The lowest BCUT2D eigenvalue weighted by Gasteiger charge is -2.46. The number of carbonyl (C=O) groups excluding carboxylic acids is 4. The van der Waals surface area contributed by atoms with E-state index in [1.165, 1.54) is 7.11 Å². The van der Waals surface area contributed by atoms with Gasteiger partial charge in [-0.15, -0.1) is 0 Å². The molecule has 10 heteroatoms. The molecule has 0 bridgehead atoms. The highest BCUT2D eigenvalue weighted by molar-refractivity contribution is 6.03. The van der Waals surface area contributed by atoms with E-state index in [9.17, 15) is 19.2 Å². The Kier molecular flexibility index (Phi) is 12.9. The van der Waals surface area contributed by atoms with Crippen LogP contribution in [-0.4, -0.2) is 77.5 Å². The number of ether oxygens (including phenoxy) is 1. The molecule has 0 spiro atoms. The number of hydrogen-bond acceptors (Lipinski definition) is 8. The summed E-state index contributed by atoms with van der Waals surface area (Å²) in [7, 11) is 1.25. The molecule has 3 amide bonds. The van der Waals surface area contributed by atoms with Crippen molar-refractivity contribution in [2.24, 2.45) is 29.2 Å². The molecule has 42 heavy (non-hydrogen) atoms. The van der Waals surface area contributed by atoms with Crippen molar-refractivity contribution < 1.29 is 23.9 Å². The third kappa shape index (κ3) is 8.26. The second-order valence-electron chi connectivity index (χ2n) is 12.0. The maximum absolute atomic E-state index is 14.5. The van der Waals surface area contributed by atoms with Crippen LogP contribution in [0.1, 0.15) is 66.9 Å². The zero-order valence-electron chi connectivity index (χ0n) is 26.6. The highest BCUT2D eigenvalue weighted by atomic mass is 16.5. The number of methoxy groups -OCH3 is 1. The van der Waals surface area contributed by atoms with Crippen LogP contribution in [-0.2, 0) is 30.3 Å². The highest BCUT2D eigenvalue weighted by Gasteiger charge is 2.51. The van der Waals surface area contributed by atoms with Crippen LogP contribution in [0.4, 0.5) is 0 Å². The maximum atomic E-state index is 14.5. The Morgan fingerprint density at radius 1 is 1.10 bits per heavy atom. The topological polar surface area (TPSA) is 148 Å². The Hall–Kier alpha value is -3.08. The zero-order chi connectivity index (χ0) is 31.8. The van der Waals surface area contributed by atoms with Crippen molar-refractivity contribution in [1.29, 1.82) is 0 Å². The van der Waals surface area contributed by atoms with Gasteiger partial charge in [-0.1, -0.05) is 76.6 Å². The van der Waals surface area contributed by atoms with Crippen molar-refractivity contribution in [3.63, 3.8) is 0 Å². The summed E-state index contributed by atoms with van der Waals surface area (Å²) in [6, 6.07) is 8.02. The van der Waals surface area contributed by atoms with Crippen LogP contribution in [0.3, 0.4) is 0 Å². The minimum atomic E-state index is -1.59. The van der Waals surface area contributed by atoms with Crippen molar-refractivity contribution in [3.8, 4) is 0 Å². The Bertz CT molecular complexity index is 1120. The van der Waals surface area contributed by atoms with Crippen LogP contribution in [0.25, 0.3) is 0 Å². The average molecular weight is 586 g/mol. The van der Waals surface area contributed by atoms with E-state index < -0.39 is 41.4 Å². The number of imide groups is 1. The monoisotopic (exact) mass is 585 g/mol. The lowest BCUT2D eigenvalue weighted by atomic mass is 9.89. The van der Waals surface area contributed by atoms with Gasteiger partial charge in [0.1, 0.15) is 6.04 Å². The number of esters is 1. The summed E-state index contributed by atoms with van der Waals surface area (Å²) in [5.74, 6) is -2.85. The van der Waals surface area contributed by atoms with Gasteiger partial charge in [0.2, 0.25) is 11.8 Å². The highest BCUT2D eigenvalue weighted by Crippen LogP contribution is 2.31. The molecule has 2 rings (SSSR count). The second-order valence-corrected chi connectivity index (χ2v) is 12.0. The van der Waals surface area contributed by atoms with Crippen LogP contribution >= 0.6 is 0 Å². The predicted octanol–water partition coefficient (Wildman–Crippen LogP) is 2.60. The molecule has 10 nitrogen and oxygen atoms in total. The fourth-order valence-electron chi connectivity index (χ4n) is 5.55. The summed E-state index contributed by atoms with van der Waals surface area (Å²) in [6.45, 7) is 13.3. The van der Waals surface area contributed by atoms with Crippen molar-refractivity contribution in [3.05, 3.63) is 47.5 Å². The summed E-state index contributed by atoms with van der Waals surface area (Å²) < 4.78 is 5.02. The smallest absolute Gasteiger partial charge is 0.329 e. The van der Waals surface area contributed by atoms with E-state index in [1.54, 1.807) is 27.7 Å². The van der Waals surface area contributed by atoms with E-state index in [-0.39, 0.29) is 30.2 Å². The first-order valence-corrected chi connectivity index (χ1v) is 15.0. The molecule has 0 radical (unpaired) electrons. The van der Waals surface area contributed by atoms with E-state index in [0.717, 1.165) is 16.0 Å². The first-order chi connectivity index (χ1) is 19.7. The van der Waals surface area contributed by atoms with Crippen molar-refractivity contribution >= 4 is 23.7 Å². The fraction of sp³-hybridized carbons (Fsp3) is 0.625. The van der Waals surface area contributed by atoms with Gasteiger partial charge < -0.3 is 21.5 Å². The molecule has 0 aromatic heterocycles. The molecule has 5 atom stereocenters. The van der Waals surface area contributed by atoms with Gasteiger partial charge in [-0.05, 0) is 50.0 Å². The summed E-state index contributed by atoms with van der Waals surface area (Å²) in [5.41, 5.74) is 13.5. The zero-order valence-corrected chi connectivity index (χ0v) is 26.6. The van der Waals surface area contributed by atoms with Crippen LogP contribution in [0.5, 0.6) is 0 Å².